The third kappa shape index (κ3) is 0.582. The Labute approximate surface area is 80.4 Å². The van der Waals surface area contributed by atoms with Gasteiger partial charge in [-0.2, -0.15) is 0 Å². The lowest BCUT2D eigenvalue weighted by atomic mass is 9.42. The Morgan fingerprint density at radius 1 is 1.31 bits per heavy atom. The van der Waals surface area contributed by atoms with Crippen molar-refractivity contribution in [1.29, 1.82) is 0 Å². The number of rotatable bonds is 0. The number of hydrogen-bond donors (Lipinski definition) is 0. The average molecular weight is 174 g/mol. The van der Waals surface area contributed by atoms with E-state index in [0.29, 0.717) is 0 Å². The second-order valence-corrected chi connectivity index (χ2v) is 6.03. The monoisotopic (exact) mass is 174 g/mol. The van der Waals surface area contributed by atoms with Crippen LogP contribution in [-0.2, 0) is 0 Å². The van der Waals surface area contributed by atoms with Crippen molar-refractivity contribution >= 4 is 0 Å². The Balaban J connectivity index is 1.81. The molecule has 0 aliphatic heterocycles. The summed E-state index contributed by atoms with van der Waals surface area (Å²) in [6.45, 7) is 2.49. The molecule has 0 amide bonds. The summed E-state index contributed by atoms with van der Waals surface area (Å²) >= 11 is 0. The number of hydrogen-bond acceptors (Lipinski definition) is 0. The van der Waals surface area contributed by atoms with Crippen molar-refractivity contribution in [2.45, 2.75) is 32.6 Å². The molecule has 0 radical (unpaired) electrons. The highest BCUT2D eigenvalue weighted by Gasteiger charge is 2.67. The molecule has 0 aromatic heterocycles. The number of allylic oxidation sites excluding steroid dienone is 2. The van der Waals surface area contributed by atoms with Crippen LogP contribution in [0.4, 0.5) is 0 Å². The minimum absolute atomic E-state index is 0.844. The van der Waals surface area contributed by atoms with E-state index in [1.807, 2.05) is 0 Å². The Hall–Kier alpha value is -0.260. The minimum atomic E-state index is 0.844. The Kier molecular flexibility index (Phi) is 1.03. The molecule has 6 atom stereocenters. The van der Waals surface area contributed by atoms with Crippen LogP contribution in [-0.4, -0.2) is 0 Å². The highest BCUT2D eigenvalue weighted by molar-refractivity contribution is 5.26. The van der Waals surface area contributed by atoms with Crippen LogP contribution < -0.4 is 0 Å². The van der Waals surface area contributed by atoms with E-state index < -0.39 is 0 Å². The van der Waals surface area contributed by atoms with Crippen LogP contribution in [0.15, 0.2) is 12.2 Å². The van der Waals surface area contributed by atoms with Crippen molar-refractivity contribution in [3.8, 4) is 0 Å². The zero-order chi connectivity index (χ0) is 8.63. The Morgan fingerprint density at radius 3 is 3.08 bits per heavy atom. The predicted octanol–water partition coefficient (Wildman–Crippen LogP) is 3.24. The van der Waals surface area contributed by atoms with Gasteiger partial charge in [-0.05, 0) is 60.7 Å². The van der Waals surface area contributed by atoms with Crippen LogP contribution in [0.3, 0.4) is 0 Å². The smallest absolute Gasteiger partial charge is 0.0168 e. The summed E-state index contributed by atoms with van der Waals surface area (Å²) in [5.41, 5.74) is 0.844. The van der Waals surface area contributed by atoms with Crippen LogP contribution >= 0.6 is 0 Å². The summed E-state index contributed by atoms with van der Waals surface area (Å²) < 4.78 is 0. The second-order valence-electron chi connectivity index (χ2n) is 6.03. The topological polar surface area (TPSA) is 0 Å². The molecule has 0 N–H and O–H groups in total. The van der Waals surface area contributed by atoms with Crippen molar-refractivity contribution in [3.63, 3.8) is 0 Å². The molecule has 5 aliphatic carbocycles. The van der Waals surface area contributed by atoms with Gasteiger partial charge in [0.2, 0.25) is 0 Å². The normalized spacial score (nSPS) is 66.4. The molecule has 0 heterocycles. The third-order valence-corrected chi connectivity index (χ3v) is 5.85. The van der Waals surface area contributed by atoms with Gasteiger partial charge in [0.1, 0.15) is 0 Å². The molecule has 4 saturated carbocycles. The van der Waals surface area contributed by atoms with E-state index >= 15 is 0 Å². The maximum atomic E-state index is 2.55. The molecule has 0 heteroatoms. The molecule has 0 saturated heterocycles. The molecule has 6 unspecified atom stereocenters. The van der Waals surface area contributed by atoms with E-state index in [4.69, 9.17) is 0 Å². The fraction of sp³-hybridized carbons (Fsp3) is 0.846. The van der Waals surface area contributed by atoms with E-state index in [9.17, 15) is 0 Å². The standard InChI is InChI=1S/C13H18/c1-8-4-5-13-7-11(8)12(13)9-2-3-10(13)6-9/h2-3,8-12H,4-7H2,1H3. The van der Waals surface area contributed by atoms with Gasteiger partial charge in [0, 0.05) is 0 Å². The molecule has 13 heavy (non-hydrogen) atoms. The van der Waals surface area contributed by atoms with Gasteiger partial charge >= 0.3 is 0 Å². The molecule has 0 aromatic carbocycles. The fourth-order valence-electron chi connectivity index (χ4n) is 5.25. The van der Waals surface area contributed by atoms with Crippen molar-refractivity contribution in [2.75, 3.05) is 0 Å². The van der Waals surface area contributed by atoms with Crippen LogP contribution in [0, 0.1) is 35.0 Å². The highest BCUT2D eigenvalue weighted by atomic mass is 14.7. The van der Waals surface area contributed by atoms with E-state index in [0.717, 1.165) is 35.0 Å². The zero-order valence-corrected chi connectivity index (χ0v) is 8.37. The Bertz CT molecular complexity index is 286. The maximum absolute atomic E-state index is 2.55. The van der Waals surface area contributed by atoms with Gasteiger partial charge in [0.15, 0.2) is 0 Å². The summed E-state index contributed by atoms with van der Waals surface area (Å²) in [7, 11) is 0. The molecule has 70 valence electrons. The molecule has 4 bridgehead atoms. The van der Waals surface area contributed by atoms with E-state index in [2.05, 4.69) is 19.1 Å². The SMILES string of the molecule is CC1CCC23CC1C2C1C=CC3C1. The van der Waals surface area contributed by atoms with Crippen LogP contribution in [0.2, 0.25) is 0 Å². The zero-order valence-electron chi connectivity index (χ0n) is 8.37. The first-order chi connectivity index (χ1) is 6.31. The van der Waals surface area contributed by atoms with Gasteiger partial charge in [-0.25, -0.2) is 0 Å². The summed E-state index contributed by atoms with van der Waals surface area (Å²) in [5.74, 6) is 5.30. The van der Waals surface area contributed by atoms with Gasteiger partial charge in [0.05, 0.1) is 0 Å². The van der Waals surface area contributed by atoms with E-state index in [1.54, 1.807) is 12.8 Å². The molecular weight excluding hydrogens is 156 g/mol. The second kappa shape index (κ2) is 1.89. The maximum Gasteiger partial charge on any atom is -0.0168 e. The fourth-order valence-corrected chi connectivity index (χ4v) is 5.25. The quantitative estimate of drug-likeness (QED) is 0.494. The first kappa shape index (κ1) is 7.09. The van der Waals surface area contributed by atoms with Crippen LogP contribution in [0.25, 0.3) is 0 Å². The van der Waals surface area contributed by atoms with Gasteiger partial charge in [-0.3, -0.25) is 0 Å². The molecule has 0 aromatic rings. The summed E-state index contributed by atoms with van der Waals surface area (Å²) in [5, 5.41) is 0. The van der Waals surface area contributed by atoms with Crippen LogP contribution in [0.1, 0.15) is 32.6 Å². The number of fused-ring (bicyclic) bond motifs is 4. The highest BCUT2D eigenvalue weighted by Crippen LogP contribution is 2.75. The first-order valence-corrected chi connectivity index (χ1v) is 5.99. The van der Waals surface area contributed by atoms with Crippen molar-refractivity contribution in [1.82, 2.24) is 0 Å². The summed E-state index contributed by atoms with van der Waals surface area (Å²) in [6.07, 6.45) is 11.3. The minimum Gasteiger partial charge on any atom is -0.0848 e. The van der Waals surface area contributed by atoms with E-state index in [-0.39, 0.29) is 0 Å². The van der Waals surface area contributed by atoms with Gasteiger partial charge in [-0.15, -0.1) is 0 Å². The summed E-state index contributed by atoms with van der Waals surface area (Å²) in [4.78, 5) is 0. The Morgan fingerprint density at radius 2 is 2.23 bits per heavy atom. The van der Waals surface area contributed by atoms with Crippen molar-refractivity contribution in [2.24, 2.45) is 35.0 Å². The van der Waals surface area contributed by atoms with Gasteiger partial charge < -0.3 is 0 Å². The molecule has 4 fully saturated rings. The molecule has 5 rings (SSSR count). The third-order valence-electron chi connectivity index (χ3n) is 5.85. The largest absolute Gasteiger partial charge is 0.0848 e. The average Bonchev–Trinajstić information content (AvgIpc) is 2.59. The van der Waals surface area contributed by atoms with E-state index in [1.165, 1.54) is 12.8 Å². The lowest BCUT2D eigenvalue weighted by Gasteiger charge is -2.63. The molecule has 0 nitrogen and oxygen atoms in total. The van der Waals surface area contributed by atoms with Crippen molar-refractivity contribution < 1.29 is 0 Å². The van der Waals surface area contributed by atoms with Gasteiger partial charge in [0.25, 0.3) is 0 Å². The first-order valence-electron chi connectivity index (χ1n) is 5.99. The van der Waals surface area contributed by atoms with Gasteiger partial charge in [-0.1, -0.05) is 19.1 Å². The predicted molar refractivity (Wildman–Crippen MR) is 53.2 cm³/mol. The molecule has 5 aliphatic rings. The molecular formula is C13H18. The molecule has 1 spiro atoms. The van der Waals surface area contributed by atoms with Crippen molar-refractivity contribution in [3.05, 3.63) is 12.2 Å². The lowest BCUT2D eigenvalue weighted by molar-refractivity contribution is -0.128. The summed E-state index contributed by atoms with van der Waals surface area (Å²) in [6, 6.07) is 0. The van der Waals surface area contributed by atoms with Crippen LogP contribution in [0.5, 0.6) is 0 Å². The lowest BCUT2D eigenvalue weighted by Crippen LogP contribution is -2.56.